The largest absolute Gasteiger partial charge is 0.574 e. The molecule has 1 atom stereocenters. The summed E-state index contributed by atoms with van der Waals surface area (Å²) in [6, 6.07) is 2.45. The molecule has 1 saturated carbocycles. The molecule has 1 fully saturated rings. The summed E-state index contributed by atoms with van der Waals surface area (Å²) >= 11 is 5.75. The lowest BCUT2D eigenvalue weighted by atomic mass is 10.2. The van der Waals surface area contributed by atoms with Crippen molar-refractivity contribution in [2.45, 2.75) is 38.1 Å². The molecule has 0 aromatic carbocycles. The van der Waals surface area contributed by atoms with Crippen molar-refractivity contribution < 1.29 is 27.5 Å². The molecule has 34 heavy (non-hydrogen) atoms. The summed E-state index contributed by atoms with van der Waals surface area (Å²) in [5, 5.41) is 6.72. The molecule has 1 aliphatic rings. The van der Waals surface area contributed by atoms with E-state index >= 15 is 0 Å². The number of carbonyl (C=O) groups is 2. The maximum Gasteiger partial charge on any atom is 0.574 e. The van der Waals surface area contributed by atoms with Crippen molar-refractivity contribution in [3.63, 3.8) is 0 Å². The van der Waals surface area contributed by atoms with Crippen LogP contribution in [0.25, 0.3) is 5.82 Å². The van der Waals surface area contributed by atoms with Gasteiger partial charge in [-0.15, -0.1) is 18.3 Å². The predicted molar refractivity (Wildman–Crippen MR) is 109 cm³/mol. The molecule has 0 bridgehead atoms. The molecule has 2 amide bonds. The number of ether oxygens (including phenoxy) is 1. The fourth-order valence-electron chi connectivity index (χ4n) is 3.02. The van der Waals surface area contributed by atoms with E-state index in [4.69, 9.17) is 17.3 Å². The number of hydrogen-bond donors (Lipinski definition) is 2. The van der Waals surface area contributed by atoms with Gasteiger partial charge in [-0.25, -0.2) is 19.9 Å². The van der Waals surface area contributed by atoms with Crippen LogP contribution in [0.1, 0.15) is 64.2 Å². The van der Waals surface area contributed by atoms with Crippen molar-refractivity contribution in [1.82, 2.24) is 35.0 Å². The van der Waals surface area contributed by atoms with Gasteiger partial charge < -0.3 is 15.8 Å². The van der Waals surface area contributed by atoms with Crippen LogP contribution in [0.4, 0.5) is 13.2 Å². The van der Waals surface area contributed by atoms with Gasteiger partial charge in [0.05, 0.1) is 6.04 Å². The fourth-order valence-corrected chi connectivity index (χ4v) is 3.22. The van der Waals surface area contributed by atoms with Crippen LogP contribution in [0.5, 0.6) is 5.88 Å². The zero-order valence-electron chi connectivity index (χ0n) is 17.4. The van der Waals surface area contributed by atoms with Crippen molar-refractivity contribution >= 4 is 23.4 Å². The number of halogens is 4. The molecule has 0 aliphatic heterocycles. The molecular weight excluding hydrogens is 481 g/mol. The van der Waals surface area contributed by atoms with Crippen LogP contribution in [0.15, 0.2) is 24.5 Å². The third-order valence-corrected chi connectivity index (χ3v) is 4.89. The Morgan fingerprint density at radius 3 is 2.62 bits per heavy atom. The second kappa shape index (κ2) is 8.85. The normalized spacial score (nSPS) is 14.5. The van der Waals surface area contributed by atoms with Gasteiger partial charge >= 0.3 is 6.36 Å². The summed E-state index contributed by atoms with van der Waals surface area (Å²) in [6.45, 7) is 1.60. The average Bonchev–Trinajstić information content (AvgIpc) is 3.50. The van der Waals surface area contributed by atoms with Gasteiger partial charge in [0.2, 0.25) is 5.88 Å². The van der Waals surface area contributed by atoms with E-state index < -0.39 is 30.1 Å². The minimum absolute atomic E-state index is 0.0419. The van der Waals surface area contributed by atoms with Crippen LogP contribution in [-0.2, 0) is 0 Å². The Morgan fingerprint density at radius 1 is 1.24 bits per heavy atom. The van der Waals surface area contributed by atoms with E-state index in [0.29, 0.717) is 5.82 Å². The van der Waals surface area contributed by atoms with E-state index in [2.05, 4.69) is 35.1 Å². The second-order valence-corrected chi connectivity index (χ2v) is 7.79. The highest BCUT2D eigenvalue weighted by Gasteiger charge is 2.33. The first-order valence-corrected chi connectivity index (χ1v) is 10.2. The summed E-state index contributed by atoms with van der Waals surface area (Å²) in [4.78, 5) is 40.1. The maximum absolute atomic E-state index is 12.8. The van der Waals surface area contributed by atoms with Crippen molar-refractivity contribution in [2.75, 3.05) is 0 Å². The quantitative estimate of drug-likeness (QED) is 0.473. The van der Waals surface area contributed by atoms with Crippen molar-refractivity contribution in [2.24, 2.45) is 5.73 Å². The summed E-state index contributed by atoms with van der Waals surface area (Å²) < 4.78 is 42.7. The highest BCUT2D eigenvalue weighted by molar-refractivity contribution is 6.29. The van der Waals surface area contributed by atoms with Crippen LogP contribution in [-0.4, -0.2) is 47.9 Å². The van der Waals surface area contributed by atoms with Gasteiger partial charge in [-0.05, 0) is 25.8 Å². The smallest absolute Gasteiger partial charge is 0.388 e. The maximum atomic E-state index is 12.8. The second-order valence-electron chi connectivity index (χ2n) is 7.40. The number of aromatic nitrogens is 6. The highest BCUT2D eigenvalue weighted by atomic mass is 35.5. The lowest BCUT2D eigenvalue weighted by Gasteiger charge is -2.15. The van der Waals surface area contributed by atoms with Crippen molar-refractivity contribution in [3.8, 4) is 11.7 Å². The number of pyridine rings is 1. The summed E-state index contributed by atoms with van der Waals surface area (Å²) in [5.74, 6) is -1.24. The Bertz CT molecular complexity index is 1260. The third kappa shape index (κ3) is 5.39. The molecule has 11 nitrogen and oxygen atoms in total. The molecule has 1 aliphatic carbocycles. The first-order valence-electron chi connectivity index (χ1n) is 9.83. The number of nitrogens with two attached hydrogens (primary N) is 1. The van der Waals surface area contributed by atoms with E-state index in [1.54, 1.807) is 6.92 Å². The molecule has 0 unspecified atom stereocenters. The van der Waals surface area contributed by atoms with Gasteiger partial charge in [-0.1, -0.05) is 11.6 Å². The molecule has 4 rings (SSSR count). The van der Waals surface area contributed by atoms with Gasteiger partial charge in [0.15, 0.2) is 17.5 Å². The first kappa shape index (κ1) is 23.4. The number of primary amides is 1. The monoisotopic (exact) mass is 496 g/mol. The lowest BCUT2D eigenvalue weighted by Crippen LogP contribution is -2.29. The van der Waals surface area contributed by atoms with Gasteiger partial charge in [0.1, 0.15) is 17.2 Å². The number of alkyl halides is 3. The van der Waals surface area contributed by atoms with Crippen molar-refractivity contribution in [3.05, 3.63) is 52.6 Å². The summed E-state index contributed by atoms with van der Waals surface area (Å²) in [7, 11) is 0. The number of amides is 2. The molecule has 0 spiro atoms. The standard InChI is InChI=1S/C19H16ClF3N8O3/c1-8(27-18(33)10-4-12(20)28-14(5-10)34-19(21,22)23)17-29-16(9-2-3-9)30-31(17)13-6-11(15(24)32)25-7-26-13/h4-9H,2-3H2,1H3,(H2,24,32)(H,27,33)/t8-/m0/s1. The Kier molecular flexibility index (Phi) is 6.08. The molecule has 0 radical (unpaired) electrons. The highest BCUT2D eigenvalue weighted by Crippen LogP contribution is 2.38. The molecule has 3 aromatic rings. The number of nitrogens with zero attached hydrogens (tertiary/aromatic N) is 6. The predicted octanol–water partition coefficient (Wildman–Crippen LogP) is 2.47. The minimum Gasteiger partial charge on any atom is -0.388 e. The van der Waals surface area contributed by atoms with Gasteiger partial charge in [0.25, 0.3) is 11.8 Å². The van der Waals surface area contributed by atoms with Gasteiger partial charge in [-0.3, -0.25) is 9.59 Å². The summed E-state index contributed by atoms with van der Waals surface area (Å²) in [6.07, 6.45) is -2.06. The molecule has 3 aromatic heterocycles. The lowest BCUT2D eigenvalue weighted by molar-refractivity contribution is -0.276. The molecule has 15 heteroatoms. The SMILES string of the molecule is C[C@H](NC(=O)c1cc(Cl)nc(OC(F)(F)F)c1)c1nc(C2CC2)nn1-c1cc(C(N)=O)ncn1. The van der Waals surface area contributed by atoms with Gasteiger partial charge in [-0.2, -0.15) is 4.68 Å². The van der Waals surface area contributed by atoms with Crippen LogP contribution in [0, 0.1) is 0 Å². The molecule has 0 saturated heterocycles. The number of nitrogens with one attached hydrogen (secondary N) is 1. The Balaban J connectivity index is 1.62. The van der Waals surface area contributed by atoms with Crippen LogP contribution >= 0.6 is 11.6 Å². The van der Waals surface area contributed by atoms with E-state index in [9.17, 15) is 22.8 Å². The first-order chi connectivity index (χ1) is 16.0. The van der Waals surface area contributed by atoms with Crippen molar-refractivity contribution in [1.29, 1.82) is 0 Å². The van der Waals surface area contributed by atoms with E-state index in [0.717, 1.165) is 31.3 Å². The number of rotatable bonds is 7. The van der Waals surface area contributed by atoms with Crippen LogP contribution in [0.3, 0.4) is 0 Å². The zero-order chi connectivity index (χ0) is 24.6. The molecule has 3 heterocycles. The number of hydrogen-bond acceptors (Lipinski definition) is 8. The Hall–Kier alpha value is -3.81. The summed E-state index contributed by atoms with van der Waals surface area (Å²) in [5.41, 5.74) is 5.03. The van der Waals surface area contributed by atoms with E-state index in [1.807, 2.05) is 0 Å². The van der Waals surface area contributed by atoms with Gasteiger partial charge in [0, 0.05) is 23.6 Å². The molecule has 178 valence electrons. The molecule has 3 N–H and O–H groups in total. The van der Waals surface area contributed by atoms with Crippen LogP contribution < -0.4 is 15.8 Å². The van der Waals surface area contributed by atoms with E-state index in [1.165, 1.54) is 10.7 Å². The van der Waals surface area contributed by atoms with Crippen LogP contribution in [0.2, 0.25) is 5.15 Å². The fraction of sp³-hybridized carbons (Fsp3) is 0.316. The minimum atomic E-state index is -5.00. The average molecular weight is 497 g/mol. The number of carbonyl (C=O) groups excluding carboxylic acids is 2. The zero-order valence-corrected chi connectivity index (χ0v) is 18.1. The Labute approximate surface area is 194 Å². The van der Waals surface area contributed by atoms with E-state index in [-0.39, 0.29) is 34.0 Å². The Morgan fingerprint density at radius 2 is 1.97 bits per heavy atom. The molecular formula is C19H16ClF3N8O3. The topological polar surface area (TPSA) is 151 Å². The third-order valence-electron chi connectivity index (χ3n) is 4.70.